The van der Waals surface area contributed by atoms with Crippen LogP contribution in [0.2, 0.25) is 0 Å². The Morgan fingerprint density at radius 2 is 2.35 bits per heavy atom. The lowest BCUT2D eigenvalue weighted by Crippen LogP contribution is -2.46. The van der Waals surface area contributed by atoms with Gasteiger partial charge >= 0.3 is 6.09 Å². The van der Waals surface area contributed by atoms with Gasteiger partial charge in [-0.3, -0.25) is 0 Å². The summed E-state index contributed by atoms with van der Waals surface area (Å²) in [5.74, 6) is 0. The molecule has 7 heteroatoms. The second-order valence-corrected chi connectivity index (χ2v) is 5.93. The average molecular weight is 342 g/mol. The molecule has 1 fully saturated rings. The van der Waals surface area contributed by atoms with Gasteiger partial charge < -0.3 is 14.4 Å². The van der Waals surface area contributed by atoms with E-state index in [0.717, 1.165) is 9.37 Å². The van der Waals surface area contributed by atoms with Gasteiger partial charge in [-0.15, -0.1) is 0 Å². The SMILES string of the molecule is O=C(O)N1CCCC(F)(c2cn3ccc(Br)cc3n2)C1. The van der Waals surface area contributed by atoms with E-state index in [9.17, 15) is 4.79 Å². The normalized spacial score (nSPS) is 23.2. The predicted molar refractivity (Wildman–Crippen MR) is 74.5 cm³/mol. The zero-order valence-corrected chi connectivity index (χ0v) is 12.2. The van der Waals surface area contributed by atoms with Crippen LogP contribution in [0, 0.1) is 0 Å². The standard InChI is InChI=1S/C13H13BrFN3O2/c14-9-2-5-17-7-10(16-11(17)6-9)13(15)3-1-4-18(8-13)12(19)20/h2,5-7H,1,3-4,8H2,(H,19,20). The van der Waals surface area contributed by atoms with Crippen molar-refractivity contribution in [3.05, 3.63) is 34.7 Å². The molecule has 0 saturated carbocycles. The molecule has 0 radical (unpaired) electrons. The third kappa shape index (κ3) is 2.26. The number of hydrogen-bond donors (Lipinski definition) is 1. The van der Waals surface area contributed by atoms with Gasteiger partial charge in [-0.05, 0) is 25.0 Å². The van der Waals surface area contributed by atoms with Gasteiger partial charge in [-0.25, -0.2) is 14.2 Å². The van der Waals surface area contributed by atoms with Gasteiger partial charge in [-0.1, -0.05) is 15.9 Å². The van der Waals surface area contributed by atoms with E-state index < -0.39 is 11.8 Å². The molecule has 106 valence electrons. The largest absolute Gasteiger partial charge is 0.465 e. The van der Waals surface area contributed by atoms with E-state index in [0.29, 0.717) is 30.7 Å². The molecule has 0 aromatic carbocycles. The second kappa shape index (κ2) is 4.73. The summed E-state index contributed by atoms with van der Waals surface area (Å²) in [6, 6.07) is 3.64. The zero-order chi connectivity index (χ0) is 14.3. The number of amides is 1. The first kappa shape index (κ1) is 13.4. The molecule has 0 aliphatic carbocycles. The second-order valence-electron chi connectivity index (χ2n) is 5.01. The summed E-state index contributed by atoms with van der Waals surface area (Å²) in [5.41, 5.74) is -0.782. The molecule has 0 spiro atoms. The topological polar surface area (TPSA) is 57.8 Å². The number of likely N-dealkylation sites (tertiary alicyclic amines) is 1. The van der Waals surface area contributed by atoms with E-state index in [4.69, 9.17) is 5.11 Å². The first-order valence-electron chi connectivity index (χ1n) is 6.29. The van der Waals surface area contributed by atoms with Gasteiger partial charge in [0.15, 0.2) is 5.67 Å². The van der Waals surface area contributed by atoms with Crippen molar-refractivity contribution >= 4 is 27.7 Å². The van der Waals surface area contributed by atoms with Crippen molar-refractivity contribution in [1.82, 2.24) is 14.3 Å². The van der Waals surface area contributed by atoms with Crippen molar-refractivity contribution < 1.29 is 14.3 Å². The van der Waals surface area contributed by atoms with Crippen LogP contribution in [0.4, 0.5) is 9.18 Å². The molecule has 2 aromatic rings. The third-order valence-electron chi connectivity index (χ3n) is 3.59. The average Bonchev–Trinajstić information content (AvgIpc) is 2.82. The lowest BCUT2D eigenvalue weighted by atomic mass is 9.92. The van der Waals surface area contributed by atoms with Crippen LogP contribution in [0.5, 0.6) is 0 Å². The zero-order valence-electron chi connectivity index (χ0n) is 10.6. The maximum atomic E-state index is 15.1. The predicted octanol–water partition coefficient (Wildman–Crippen LogP) is 3.04. The Balaban J connectivity index is 1.98. The summed E-state index contributed by atoms with van der Waals surface area (Å²) in [4.78, 5) is 16.4. The minimum atomic E-state index is -1.71. The Bertz CT molecular complexity index is 675. The van der Waals surface area contributed by atoms with Crippen molar-refractivity contribution in [2.24, 2.45) is 0 Å². The van der Waals surface area contributed by atoms with Gasteiger partial charge in [0.1, 0.15) is 5.65 Å². The summed E-state index contributed by atoms with van der Waals surface area (Å²) in [6.07, 6.45) is 3.13. The van der Waals surface area contributed by atoms with Gasteiger partial charge in [0.05, 0.1) is 12.2 Å². The van der Waals surface area contributed by atoms with Crippen LogP contribution in [0.3, 0.4) is 0 Å². The number of hydrogen-bond acceptors (Lipinski definition) is 2. The Morgan fingerprint density at radius 1 is 1.55 bits per heavy atom. The monoisotopic (exact) mass is 341 g/mol. The van der Waals surface area contributed by atoms with Crippen molar-refractivity contribution in [3.63, 3.8) is 0 Å². The minimum Gasteiger partial charge on any atom is -0.465 e. The number of nitrogens with zero attached hydrogens (tertiary/aromatic N) is 3. The van der Waals surface area contributed by atoms with Crippen molar-refractivity contribution in [2.45, 2.75) is 18.5 Å². The highest BCUT2D eigenvalue weighted by Crippen LogP contribution is 2.35. The minimum absolute atomic E-state index is 0.159. The first-order valence-corrected chi connectivity index (χ1v) is 7.09. The molecule has 1 saturated heterocycles. The quantitative estimate of drug-likeness (QED) is 0.867. The van der Waals surface area contributed by atoms with Gasteiger partial charge in [0.2, 0.25) is 0 Å². The summed E-state index contributed by atoms with van der Waals surface area (Å²) in [6.45, 7) is 0.216. The van der Waals surface area contributed by atoms with Crippen LogP contribution in [0.15, 0.2) is 29.0 Å². The number of fused-ring (bicyclic) bond motifs is 1. The van der Waals surface area contributed by atoms with E-state index >= 15 is 4.39 Å². The van der Waals surface area contributed by atoms with E-state index in [1.165, 1.54) is 0 Å². The molecule has 1 aliphatic rings. The van der Waals surface area contributed by atoms with E-state index in [2.05, 4.69) is 20.9 Å². The van der Waals surface area contributed by atoms with E-state index in [1.807, 2.05) is 6.07 Å². The number of rotatable bonds is 1. The number of alkyl halides is 1. The number of piperidine rings is 1. The molecule has 1 N–H and O–H groups in total. The van der Waals surface area contributed by atoms with Crippen LogP contribution in [-0.2, 0) is 5.67 Å². The molecule has 3 rings (SSSR count). The highest BCUT2D eigenvalue weighted by atomic mass is 79.9. The van der Waals surface area contributed by atoms with Crippen molar-refractivity contribution in [2.75, 3.05) is 13.1 Å². The maximum Gasteiger partial charge on any atom is 0.407 e. The Labute approximate surface area is 123 Å². The molecular formula is C13H13BrFN3O2. The number of carbonyl (C=O) groups is 1. The lowest BCUT2D eigenvalue weighted by Gasteiger charge is -2.34. The van der Waals surface area contributed by atoms with Gasteiger partial charge in [0.25, 0.3) is 0 Å². The molecule has 1 amide bonds. The third-order valence-corrected chi connectivity index (χ3v) is 4.09. The Morgan fingerprint density at radius 3 is 3.10 bits per heavy atom. The number of halogens is 2. The van der Waals surface area contributed by atoms with Crippen molar-refractivity contribution in [3.8, 4) is 0 Å². The lowest BCUT2D eigenvalue weighted by molar-refractivity contribution is 0.0404. The molecule has 1 unspecified atom stereocenters. The molecule has 20 heavy (non-hydrogen) atoms. The van der Waals surface area contributed by atoms with Crippen LogP contribution >= 0.6 is 15.9 Å². The number of pyridine rings is 1. The maximum absolute atomic E-state index is 15.1. The molecular weight excluding hydrogens is 329 g/mol. The Hall–Kier alpha value is -1.63. The van der Waals surface area contributed by atoms with Gasteiger partial charge in [-0.2, -0.15) is 0 Å². The summed E-state index contributed by atoms with van der Waals surface area (Å²) < 4.78 is 17.7. The van der Waals surface area contributed by atoms with E-state index in [-0.39, 0.29) is 6.54 Å². The summed E-state index contributed by atoms with van der Waals surface area (Å²) in [5, 5.41) is 9.02. The Kier molecular flexibility index (Phi) is 3.16. The van der Waals surface area contributed by atoms with Crippen LogP contribution in [-0.4, -0.2) is 38.6 Å². The molecule has 3 heterocycles. The fourth-order valence-corrected chi connectivity index (χ4v) is 2.88. The first-order chi connectivity index (χ1) is 9.48. The van der Waals surface area contributed by atoms with Crippen LogP contribution in [0.25, 0.3) is 5.65 Å². The molecule has 0 bridgehead atoms. The number of carboxylic acid groups (broad SMARTS) is 1. The summed E-state index contributed by atoms with van der Waals surface area (Å²) in [7, 11) is 0. The van der Waals surface area contributed by atoms with Crippen LogP contribution < -0.4 is 0 Å². The van der Waals surface area contributed by atoms with Crippen LogP contribution in [0.1, 0.15) is 18.5 Å². The number of imidazole rings is 1. The van der Waals surface area contributed by atoms with Gasteiger partial charge in [0, 0.05) is 23.4 Å². The highest BCUT2D eigenvalue weighted by molar-refractivity contribution is 9.10. The molecule has 2 aromatic heterocycles. The molecule has 1 aliphatic heterocycles. The molecule has 5 nitrogen and oxygen atoms in total. The fraction of sp³-hybridized carbons (Fsp3) is 0.385. The van der Waals surface area contributed by atoms with E-state index in [1.54, 1.807) is 22.9 Å². The molecule has 1 atom stereocenters. The smallest absolute Gasteiger partial charge is 0.407 e. The fourth-order valence-electron chi connectivity index (χ4n) is 2.56. The number of aromatic nitrogens is 2. The van der Waals surface area contributed by atoms with Crippen molar-refractivity contribution in [1.29, 1.82) is 0 Å². The highest BCUT2D eigenvalue weighted by Gasteiger charge is 2.41. The summed E-state index contributed by atoms with van der Waals surface area (Å²) >= 11 is 3.35.